The van der Waals surface area contributed by atoms with E-state index in [0.29, 0.717) is 5.92 Å². The van der Waals surface area contributed by atoms with Gasteiger partial charge in [0.1, 0.15) is 0 Å². The number of nitrogens with one attached hydrogen (secondary N) is 1. The number of rotatable bonds is 8. The minimum Gasteiger partial charge on any atom is -0.396 e. The van der Waals surface area contributed by atoms with Crippen LogP contribution in [0.15, 0.2) is 0 Å². The molecule has 1 atom stereocenters. The van der Waals surface area contributed by atoms with Crippen molar-refractivity contribution in [3.63, 3.8) is 0 Å². The van der Waals surface area contributed by atoms with Gasteiger partial charge in [0.2, 0.25) is 0 Å². The zero-order chi connectivity index (χ0) is 10.1. The highest BCUT2D eigenvalue weighted by Crippen LogP contribution is 2.03. The summed E-state index contributed by atoms with van der Waals surface area (Å²) in [5.74, 6) is 0.613. The van der Waals surface area contributed by atoms with E-state index in [-0.39, 0.29) is 19.3 Å². The first-order chi connectivity index (χ1) is 6.20. The lowest BCUT2D eigenvalue weighted by Gasteiger charge is -2.17. The van der Waals surface area contributed by atoms with Gasteiger partial charge in [-0.2, -0.15) is 0 Å². The first kappa shape index (κ1) is 12.9. The molecule has 0 saturated carbocycles. The molecule has 3 nitrogen and oxygen atoms in total. The van der Waals surface area contributed by atoms with Crippen molar-refractivity contribution in [2.45, 2.75) is 39.2 Å². The van der Waals surface area contributed by atoms with E-state index in [1.54, 1.807) is 0 Å². The van der Waals surface area contributed by atoms with Gasteiger partial charge in [0, 0.05) is 12.6 Å². The second kappa shape index (κ2) is 8.48. The molecule has 0 heterocycles. The third-order valence-corrected chi connectivity index (χ3v) is 1.99. The molecule has 0 fully saturated rings. The van der Waals surface area contributed by atoms with E-state index in [1.165, 1.54) is 0 Å². The number of hydrogen-bond donors (Lipinski definition) is 3. The fourth-order valence-corrected chi connectivity index (χ4v) is 1.33. The standard InChI is InChI=1S/C10H23NO2/c1-9(2)7-10(8-13)11-5-3-4-6-12/h9-13H,3-8H2,1-2H3. The molecule has 1 unspecified atom stereocenters. The summed E-state index contributed by atoms with van der Waals surface area (Å²) in [6.07, 6.45) is 2.83. The smallest absolute Gasteiger partial charge is 0.0584 e. The Hall–Kier alpha value is -0.120. The summed E-state index contributed by atoms with van der Waals surface area (Å²) in [7, 11) is 0. The van der Waals surface area contributed by atoms with Gasteiger partial charge in [0.15, 0.2) is 0 Å². The fraction of sp³-hybridized carbons (Fsp3) is 1.00. The Kier molecular flexibility index (Phi) is 8.40. The van der Waals surface area contributed by atoms with Crippen LogP contribution in [0.3, 0.4) is 0 Å². The van der Waals surface area contributed by atoms with Crippen molar-refractivity contribution in [3.05, 3.63) is 0 Å². The molecule has 0 aliphatic heterocycles. The topological polar surface area (TPSA) is 52.5 Å². The van der Waals surface area contributed by atoms with Crippen LogP contribution in [0.5, 0.6) is 0 Å². The van der Waals surface area contributed by atoms with Crippen LogP contribution in [-0.2, 0) is 0 Å². The SMILES string of the molecule is CC(C)CC(CO)NCCCCO. The van der Waals surface area contributed by atoms with Crippen LogP contribution in [-0.4, -0.2) is 36.0 Å². The van der Waals surface area contributed by atoms with Crippen LogP contribution >= 0.6 is 0 Å². The molecular formula is C10H23NO2. The summed E-state index contributed by atoms with van der Waals surface area (Å²) in [6.45, 7) is 5.65. The van der Waals surface area contributed by atoms with Crippen LogP contribution in [0.1, 0.15) is 33.1 Å². The van der Waals surface area contributed by atoms with Crippen LogP contribution in [0, 0.1) is 5.92 Å². The second-order valence-electron chi connectivity index (χ2n) is 3.89. The molecule has 0 aromatic carbocycles. The third kappa shape index (κ3) is 8.22. The van der Waals surface area contributed by atoms with E-state index < -0.39 is 0 Å². The molecule has 0 amide bonds. The molecule has 0 spiro atoms. The maximum absolute atomic E-state index is 9.02. The van der Waals surface area contributed by atoms with Crippen molar-refractivity contribution in [1.82, 2.24) is 5.32 Å². The summed E-state index contributed by atoms with van der Waals surface area (Å²) in [6, 6.07) is 0.221. The zero-order valence-electron chi connectivity index (χ0n) is 8.79. The van der Waals surface area contributed by atoms with Gasteiger partial charge < -0.3 is 15.5 Å². The van der Waals surface area contributed by atoms with E-state index in [1.807, 2.05) is 0 Å². The Morgan fingerprint density at radius 3 is 2.31 bits per heavy atom. The molecule has 0 aromatic rings. The molecule has 3 N–H and O–H groups in total. The molecule has 0 aromatic heterocycles. The van der Waals surface area contributed by atoms with E-state index in [4.69, 9.17) is 10.2 Å². The lowest BCUT2D eigenvalue weighted by molar-refractivity contribution is 0.222. The average molecular weight is 189 g/mol. The molecule has 0 aliphatic carbocycles. The maximum Gasteiger partial charge on any atom is 0.0584 e. The van der Waals surface area contributed by atoms with Crippen molar-refractivity contribution in [2.75, 3.05) is 19.8 Å². The average Bonchev–Trinajstić information content (AvgIpc) is 2.09. The predicted octanol–water partition coefficient (Wildman–Crippen LogP) is 0.756. The highest BCUT2D eigenvalue weighted by atomic mass is 16.3. The quantitative estimate of drug-likeness (QED) is 0.494. The molecule has 0 rings (SSSR count). The Balaban J connectivity index is 3.36. The molecule has 0 saturated heterocycles. The molecule has 80 valence electrons. The van der Waals surface area contributed by atoms with Crippen molar-refractivity contribution >= 4 is 0 Å². The summed E-state index contributed by atoms with van der Waals surface area (Å²) >= 11 is 0. The predicted molar refractivity (Wildman–Crippen MR) is 54.7 cm³/mol. The summed E-state index contributed by atoms with van der Waals surface area (Å²) in [5.41, 5.74) is 0. The fourth-order valence-electron chi connectivity index (χ4n) is 1.33. The van der Waals surface area contributed by atoms with Gasteiger partial charge in [0.05, 0.1) is 6.61 Å². The summed E-state index contributed by atoms with van der Waals surface area (Å²) in [5, 5.41) is 20.9. The maximum atomic E-state index is 9.02. The first-order valence-electron chi connectivity index (χ1n) is 5.15. The van der Waals surface area contributed by atoms with E-state index in [9.17, 15) is 0 Å². The van der Waals surface area contributed by atoms with Crippen LogP contribution in [0.4, 0.5) is 0 Å². The second-order valence-corrected chi connectivity index (χ2v) is 3.89. The zero-order valence-corrected chi connectivity index (χ0v) is 8.79. The monoisotopic (exact) mass is 189 g/mol. The minimum atomic E-state index is 0.206. The molecule has 3 heteroatoms. The molecule has 0 aliphatic rings. The van der Waals surface area contributed by atoms with Gasteiger partial charge >= 0.3 is 0 Å². The Bertz CT molecular complexity index is 107. The Morgan fingerprint density at radius 2 is 1.85 bits per heavy atom. The lowest BCUT2D eigenvalue weighted by Crippen LogP contribution is -2.34. The highest BCUT2D eigenvalue weighted by molar-refractivity contribution is 4.66. The Labute approximate surface area is 81.2 Å². The largest absolute Gasteiger partial charge is 0.396 e. The van der Waals surface area contributed by atoms with Crippen LogP contribution in [0.25, 0.3) is 0 Å². The van der Waals surface area contributed by atoms with Crippen LogP contribution < -0.4 is 5.32 Å². The summed E-state index contributed by atoms with van der Waals surface area (Å²) < 4.78 is 0. The number of unbranched alkanes of at least 4 members (excludes halogenated alkanes) is 1. The van der Waals surface area contributed by atoms with Gasteiger partial charge in [0.25, 0.3) is 0 Å². The van der Waals surface area contributed by atoms with E-state index in [0.717, 1.165) is 25.8 Å². The molecule has 0 bridgehead atoms. The van der Waals surface area contributed by atoms with Crippen molar-refractivity contribution in [3.8, 4) is 0 Å². The summed E-state index contributed by atoms with van der Waals surface area (Å²) in [4.78, 5) is 0. The van der Waals surface area contributed by atoms with Gasteiger partial charge in [-0.05, 0) is 31.7 Å². The lowest BCUT2D eigenvalue weighted by atomic mass is 10.0. The molecule has 13 heavy (non-hydrogen) atoms. The number of aliphatic hydroxyl groups is 2. The first-order valence-corrected chi connectivity index (χ1v) is 5.15. The van der Waals surface area contributed by atoms with Gasteiger partial charge in [-0.3, -0.25) is 0 Å². The van der Waals surface area contributed by atoms with Gasteiger partial charge in [-0.25, -0.2) is 0 Å². The van der Waals surface area contributed by atoms with E-state index in [2.05, 4.69) is 19.2 Å². The minimum absolute atomic E-state index is 0.206. The highest BCUT2D eigenvalue weighted by Gasteiger charge is 2.07. The normalized spacial score (nSPS) is 13.6. The van der Waals surface area contributed by atoms with Crippen molar-refractivity contribution in [2.24, 2.45) is 5.92 Å². The van der Waals surface area contributed by atoms with Gasteiger partial charge in [-0.1, -0.05) is 13.8 Å². The van der Waals surface area contributed by atoms with E-state index >= 15 is 0 Å². The molecule has 0 radical (unpaired) electrons. The van der Waals surface area contributed by atoms with Crippen molar-refractivity contribution < 1.29 is 10.2 Å². The number of aliphatic hydroxyl groups excluding tert-OH is 2. The Morgan fingerprint density at radius 1 is 1.15 bits per heavy atom. The van der Waals surface area contributed by atoms with Gasteiger partial charge in [-0.15, -0.1) is 0 Å². The number of hydrogen-bond acceptors (Lipinski definition) is 3. The third-order valence-electron chi connectivity index (χ3n) is 1.99. The van der Waals surface area contributed by atoms with Crippen LogP contribution in [0.2, 0.25) is 0 Å². The molecular weight excluding hydrogens is 166 g/mol. The van der Waals surface area contributed by atoms with Crippen molar-refractivity contribution in [1.29, 1.82) is 0 Å².